The fraction of sp³-hybridized carbons (Fsp3) is 0.455. The van der Waals surface area contributed by atoms with Crippen molar-refractivity contribution in [2.75, 3.05) is 0 Å². The van der Waals surface area contributed by atoms with E-state index in [0.29, 0.717) is 28.3 Å². The van der Waals surface area contributed by atoms with E-state index in [1.165, 1.54) is 0 Å². The Morgan fingerprint density at radius 2 is 1.96 bits per heavy atom. The van der Waals surface area contributed by atoms with Crippen LogP contribution in [0.3, 0.4) is 0 Å². The molecule has 2 fully saturated rings. The number of hydrogen-bond acceptors (Lipinski definition) is 3. The van der Waals surface area contributed by atoms with Crippen molar-refractivity contribution in [2.24, 2.45) is 17.8 Å². The van der Waals surface area contributed by atoms with E-state index in [1.807, 2.05) is 19.1 Å². The van der Waals surface area contributed by atoms with Crippen LogP contribution >= 0.6 is 11.6 Å². The van der Waals surface area contributed by atoms with E-state index in [4.69, 9.17) is 16.3 Å². The van der Waals surface area contributed by atoms with Gasteiger partial charge in [-0.25, -0.2) is 0 Å². The lowest BCUT2D eigenvalue weighted by molar-refractivity contribution is 0.0924. The molecule has 2 aromatic rings. The maximum absolute atomic E-state index is 12.5. The average molecular weight is 385 g/mol. The van der Waals surface area contributed by atoms with Gasteiger partial charge in [-0.15, -0.1) is 0 Å². The van der Waals surface area contributed by atoms with Crippen LogP contribution in [-0.4, -0.2) is 23.0 Å². The lowest BCUT2D eigenvalue weighted by atomic mass is 10.00. The van der Waals surface area contributed by atoms with Gasteiger partial charge in [-0.3, -0.25) is 9.78 Å². The number of carbonyl (C=O) groups is 1. The zero-order valence-electron chi connectivity index (χ0n) is 15.7. The second-order valence-electron chi connectivity index (χ2n) is 7.74. The molecule has 0 saturated heterocycles. The van der Waals surface area contributed by atoms with Gasteiger partial charge in [0.05, 0.1) is 6.10 Å². The number of aromatic nitrogens is 1. The smallest absolute Gasteiger partial charge is 0.251 e. The highest BCUT2D eigenvalue weighted by Crippen LogP contribution is 2.60. The van der Waals surface area contributed by atoms with Gasteiger partial charge in [0.2, 0.25) is 0 Å². The summed E-state index contributed by atoms with van der Waals surface area (Å²) in [5.74, 6) is 2.80. The third-order valence-corrected chi connectivity index (χ3v) is 6.22. The molecule has 2 aliphatic rings. The second kappa shape index (κ2) is 7.51. The molecule has 5 heteroatoms. The highest BCUT2D eigenvalue weighted by Gasteiger charge is 2.59. The van der Waals surface area contributed by atoms with Gasteiger partial charge in [0, 0.05) is 34.6 Å². The Morgan fingerprint density at radius 1 is 1.26 bits per heavy atom. The SMILES string of the molecule is CCC(NC(=O)c1ccc(Cl)cc1)C1C2CC(Oc3ccnc(C)c3)CC21. The minimum atomic E-state index is -0.0106. The fourth-order valence-electron chi connectivity index (χ4n) is 4.64. The molecule has 0 radical (unpaired) electrons. The van der Waals surface area contributed by atoms with Crippen LogP contribution in [0.4, 0.5) is 0 Å². The zero-order valence-corrected chi connectivity index (χ0v) is 16.4. The van der Waals surface area contributed by atoms with Gasteiger partial charge in [-0.2, -0.15) is 0 Å². The van der Waals surface area contributed by atoms with Crippen molar-refractivity contribution < 1.29 is 9.53 Å². The standard InChI is InChI=1S/C22H25ClN2O2/c1-3-20(25-22(26)14-4-6-15(23)7-5-14)21-18-11-17(12-19(18)21)27-16-8-9-24-13(2)10-16/h4-10,17-21H,3,11-12H2,1-2H3,(H,25,26). The van der Waals surface area contributed by atoms with E-state index < -0.39 is 0 Å². The quantitative estimate of drug-likeness (QED) is 0.788. The first kappa shape index (κ1) is 18.3. The molecule has 4 nitrogen and oxygen atoms in total. The highest BCUT2D eigenvalue weighted by atomic mass is 35.5. The van der Waals surface area contributed by atoms with Gasteiger partial charge in [0.15, 0.2) is 0 Å². The number of aryl methyl sites for hydroxylation is 1. The number of rotatable bonds is 6. The molecule has 2 aliphatic carbocycles. The first-order valence-electron chi connectivity index (χ1n) is 9.71. The van der Waals surface area contributed by atoms with Crippen LogP contribution in [-0.2, 0) is 0 Å². The molecule has 1 aromatic carbocycles. The molecule has 4 rings (SSSR count). The summed E-state index contributed by atoms with van der Waals surface area (Å²) in [6.45, 7) is 4.12. The molecular formula is C22H25ClN2O2. The largest absolute Gasteiger partial charge is 0.490 e. The van der Waals surface area contributed by atoms with Crippen LogP contribution in [0.2, 0.25) is 5.02 Å². The van der Waals surface area contributed by atoms with Gasteiger partial charge < -0.3 is 10.1 Å². The normalized spacial score (nSPS) is 26.9. The predicted octanol–water partition coefficient (Wildman–Crippen LogP) is 4.66. The summed E-state index contributed by atoms with van der Waals surface area (Å²) in [6, 6.07) is 11.2. The second-order valence-corrected chi connectivity index (χ2v) is 8.18. The zero-order chi connectivity index (χ0) is 19.0. The third-order valence-electron chi connectivity index (χ3n) is 5.97. The fourth-order valence-corrected chi connectivity index (χ4v) is 4.77. The van der Waals surface area contributed by atoms with E-state index in [2.05, 4.69) is 17.2 Å². The van der Waals surface area contributed by atoms with Crippen molar-refractivity contribution in [3.05, 3.63) is 58.9 Å². The summed E-state index contributed by atoms with van der Waals surface area (Å²) < 4.78 is 6.14. The summed E-state index contributed by atoms with van der Waals surface area (Å²) >= 11 is 5.91. The molecule has 142 valence electrons. The molecule has 0 aliphatic heterocycles. The molecule has 1 amide bonds. The number of amides is 1. The number of halogens is 1. The van der Waals surface area contributed by atoms with Gasteiger partial charge in [-0.05, 0) is 74.3 Å². The summed E-state index contributed by atoms with van der Waals surface area (Å²) in [7, 11) is 0. The Morgan fingerprint density at radius 3 is 2.59 bits per heavy atom. The van der Waals surface area contributed by atoms with Crippen LogP contribution in [0, 0.1) is 24.7 Å². The maximum atomic E-state index is 12.5. The molecule has 1 aromatic heterocycles. The number of hydrogen-bond donors (Lipinski definition) is 1. The summed E-state index contributed by atoms with van der Waals surface area (Å²) in [5, 5.41) is 3.88. The number of fused-ring (bicyclic) bond motifs is 1. The third kappa shape index (κ3) is 3.96. The van der Waals surface area contributed by atoms with Crippen LogP contribution in [0.15, 0.2) is 42.6 Å². The number of carbonyl (C=O) groups excluding carboxylic acids is 1. The number of ether oxygens (including phenoxy) is 1. The number of benzene rings is 1. The molecule has 1 heterocycles. The molecule has 2 saturated carbocycles. The lowest BCUT2D eigenvalue weighted by Crippen LogP contribution is -2.37. The van der Waals surface area contributed by atoms with Crippen LogP contribution in [0.5, 0.6) is 5.75 Å². The Kier molecular flexibility index (Phi) is 5.09. The molecule has 3 atom stereocenters. The van der Waals surface area contributed by atoms with Gasteiger partial charge in [0.1, 0.15) is 5.75 Å². The predicted molar refractivity (Wildman–Crippen MR) is 106 cm³/mol. The molecule has 27 heavy (non-hydrogen) atoms. The first-order valence-corrected chi connectivity index (χ1v) is 10.1. The van der Waals surface area contributed by atoms with E-state index in [-0.39, 0.29) is 18.1 Å². The Bertz CT molecular complexity index is 811. The van der Waals surface area contributed by atoms with Gasteiger partial charge in [-0.1, -0.05) is 18.5 Å². The van der Waals surface area contributed by atoms with Crippen LogP contribution in [0.1, 0.15) is 42.2 Å². The maximum Gasteiger partial charge on any atom is 0.251 e. The van der Waals surface area contributed by atoms with Crippen LogP contribution in [0.25, 0.3) is 0 Å². The van der Waals surface area contributed by atoms with Crippen molar-refractivity contribution in [1.82, 2.24) is 10.3 Å². The monoisotopic (exact) mass is 384 g/mol. The summed E-state index contributed by atoms with van der Waals surface area (Å²) in [4.78, 5) is 16.7. The van der Waals surface area contributed by atoms with Crippen molar-refractivity contribution in [2.45, 2.75) is 45.3 Å². The average Bonchev–Trinajstić information content (AvgIpc) is 3.14. The van der Waals surface area contributed by atoms with Gasteiger partial charge in [0.25, 0.3) is 5.91 Å². The van der Waals surface area contributed by atoms with E-state index in [1.54, 1.807) is 30.5 Å². The molecular weight excluding hydrogens is 360 g/mol. The van der Waals surface area contributed by atoms with Gasteiger partial charge >= 0.3 is 0 Å². The Hall–Kier alpha value is -2.07. The van der Waals surface area contributed by atoms with E-state index >= 15 is 0 Å². The van der Waals surface area contributed by atoms with Crippen LogP contribution < -0.4 is 10.1 Å². The lowest BCUT2D eigenvalue weighted by Gasteiger charge is -2.22. The Balaban J connectivity index is 1.31. The topological polar surface area (TPSA) is 51.2 Å². The number of nitrogens with zero attached hydrogens (tertiary/aromatic N) is 1. The van der Waals surface area contributed by atoms with Crippen molar-refractivity contribution >= 4 is 17.5 Å². The van der Waals surface area contributed by atoms with Crippen molar-refractivity contribution in [3.63, 3.8) is 0 Å². The molecule has 0 spiro atoms. The molecule has 0 bridgehead atoms. The summed E-state index contributed by atoms with van der Waals surface area (Å²) in [5.41, 5.74) is 1.64. The van der Waals surface area contributed by atoms with Crippen molar-refractivity contribution in [3.8, 4) is 5.75 Å². The minimum Gasteiger partial charge on any atom is -0.490 e. The Labute approximate surface area is 165 Å². The highest BCUT2D eigenvalue weighted by molar-refractivity contribution is 6.30. The number of pyridine rings is 1. The first-order chi connectivity index (χ1) is 13.0. The van der Waals surface area contributed by atoms with E-state index in [0.717, 1.165) is 30.7 Å². The minimum absolute atomic E-state index is 0.0106. The number of nitrogens with one attached hydrogen (secondary N) is 1. The molecule has 1 N–H and O–H groups in total. The van der Waals surface area contributed by atoms with Crippen molar-refractivity contribution in [1.29, 1.82) is 0 Å². The molecule has 3 unspecified atom stereocenters. The summed E-state index contributed by atoms with van der Waals surface area (Å²) in [6.07, 6.45) is 5.17. The van der Waals surface area contributed by atoms with E-state index in [9.17, 15) is 4.79 Å².